The van der Waals surface area contributed by atoms with Gasteiger partial charge in [-0.2, -0.15) is 0 Å². The van der Waals surface area contributed by atoms with Crippen molar-refractivity contribution < 1.29 is 14.0 Å². The Morgan fingerprint density at radius 3 is 2.78 bits per heavy atom. The van der Waals surface area contributed by atoms with Crippen molar-refractivity contribution in [2.75, 3.05) is 5.32 Å². The van der Waals surface area contributed by atoms with E-state index in [-0.39, 0.29) is 17.9 Å². The maximum atomic E-state index is 12.2. The number of fused-ring (bicyclic) bond motifs is 1. The van der Waals surface area contributed by atoms with Gasteiger partial charge >= 0.3 is 0 Å². The average molecular weight is 309 g/mol. The van der Waals surface area contributed by atoms with Crippen LogP contribution in [0.15, 0.2) is 46.9 Å². The molecule has 3 aromatic rings. The van der Waals surface area contributed by atoms with E-state index in [1.807, 2.05) is 12.1 Å². The minimum atomic E-state index is -0.583. The maximum Gasteiger partial charge on any atom is 0.250 e. The second-order valence-electron chi connectivity index (χ2n) is 5.17. The number of aryl methyl sites for hydroxylation is 1. The molecule has 3 rings (SSSR count). The Hall–Kier alpha value is -3.15. The number of para-hydroxylation sites is 1. The Balaban J connectivity index is 1.77. The molecule has 0 aliphatic carbocycles. The van der Waals surface area contributed by atoms with Gasteiger partial charge in [-0.3, -0.25) is 9.59 Å². The zero-order valence-corrected chi connectivity index (χ0v) is 12.5. The van der Waals surface area contributed by atoms with Crippen LogP contribution in [-0.2, 0) is 11.2 Å². The van der Waals surface area contributed by atoms with Crippen LogP contribution in [0.2, 0.25) is 0 Å². The predicted molar refractivity (Wildman–Crippen MR) is 86.0 cm³/mol. The van der Waals surface area contributed by atoms with Crippen LogP contribution in [0, 0.1) is 6.92 Å². The molecule has 0 bridgehead atoms. The monoisotopic (exact) mass is 309 g/mol. The third kappa shape index (κ3) is 3.21. The number of benzene rings is 2. The number of amides is 2. The Labute approximate surface area is 132 Å². The number of nitrogens with zero attached hydrogens (tertiary/aromatic N) is 1. The van der Waals surface area contributed by atoms with Crippen LogP contribution < -0.4 is 11.1 Å². The van der Waals surface area contributed by atoms with Crippen molar-refractivity contribution in [1.82, 2.24) is 4.98 Å². The Bertz CT molecular complexity index is 899. The molecular weight excluding hydrogens is 294 g/mol. The smallest absolute Gasteiger partial charge is 0.250 e. The molecule has 116 valence electrons. The molecule has 0 spiro atoms. The van der Waals surface area contributed by atoms with E-state index in [1.165, 1.54) is 0 Å². The zero-order valence-electron chi connectivity index (χ0n) is 12.5. The van der Waals surface area contributed by atoms with Gasteiger partial charge in [0.2, 0.25) is 5.91 Å². The number of hydrogen-bond acceptors (Lipinski definition) is 4. The highest BCUT2D eigenvalue weighted by Gasteiger charge is 2.11. The first-order valence-corrected chi connectivity index (χ1v) is 7.07. The highest BCUT2D eigenvalue weighted by Crippen LogP contribution is 2.18. The van der Waals surface area contributed by atoms with Crippen molar-refractivity contribution in [3.05, 3.63) is 59.5 Å². The summed E-state index contributed by atoms with van der Waals surface area (Å²) >= 11 is 0. The van der Waals surface area contributed by atoms with Crippen LogP contribution in [0.5, 0.6) is 0 Å². The van der Waals surface area contributed by atoms with Gasteiger partial charge in [0.15, 0.2) is 11.5 Å². The molecule has 0 aliphatic rings. The largest absolute Gasteiger partial charge is 0.441 e. The molecular formula is C17H15N3O3. The number of nitrogens with two attached hydrogens (primary N) is 1. The van der Waals surface area contributed by atoms with E-state index < -0.39 is 5.91 Å². The quantitative estimate of drug-likeness (QED) is 0.773. The molecule has 1 aromatic heterocycles. The highest BCUT2D eigenvalue weighted by atomic mass is 16.3. The normalized spacial score (nSPS) is 10.7. The summed E-state index contributed by atoms with van der Waals surface area (Å²) in [5.41, 5.74) is 8.19. The van der Waals surface area contributed by atoms with Crippen molar-refractivity contribution in [3.63, 3.8) is 0 Å². The van der Waals surface area contributed by atoms with Gasteiger partial charge in [0, 0.05) is 6.92 Å². The molecule has 0 saturated heterocycles. The molecule has 6 heteroatoms. The summed E-state index contributed by atoms with van der Waals surface area (Å²) < 4.78 is 5.40. The molecule has 3 N–H and O–H groups in total. The molecule has 0 unspecified atom stereocenters. The number of carbonyl (C=O) groups excluding carboxylic acids is 2. The fourth-order valence-corrected chi connectivity index (χ4v) is 2.38. The van der Waals surface area contributed by atoms with E-state index in [0.29, 0.717) is 22.7 Å². The molecule has 1 heterocycles. The zero-order chi connectivity index (χ0) is 16.4. The van der Waals surface area contributed by atoms with E-state index in [4.69, 9.17) is 10.2 Å². The van der Waals surface area contributed by atoms with Crippen LogP contribution in [-0.4, -0.2) is 16.8 Å². The molecule has 0 saturated carbocycles. The average Bonchev–Trinajstić information content (AvgIpc) is 2.86. The van der Waals surface area contributed by atoms with E-state index in [1.54, 1.807) is 37.3 Å². The lowest BCUT2D eigenvalue weighted by atomic mass is 10.1. The summed E-state index contributed by atoms with van der Waals surface area (Å²) in [5, 5.41) is 2.71. The SMILES string of the molecule is Cc1nc2cc(CC(=O)Nc3ccccc3C(N)=O)ccc2o1. The topological polar surface area (TPSA) is 98.2 Å². The van der Waals surface area contributed by atoms with Gasteiger partial charge in [0.1, 0.15) is 5.52 Å². The lowest BCUT2D eigenvalue weighted by Gasteiger charge is -2.08. The van der Waals surface area contributed by atoms with Crippen LogP contribution in [0.3, 0.4) is 0 Å². The predicted octanol–water partition coefficient (Wildman–Crippen LogP) is 2.42. The molecule has 0 atom stereocenters. The van der Waals surface area contributed by atoms with Crippen LogP contribution in [0.1, 0.15) is 21.8 Å². The first kappa shape index (κ1) is 14.8. The molecule has 0 fully saturated rings. The van der Waals surface area contributed by atoms with Gasteiger partial charge < -0.3 is 15.5 Å². The van der Waals surface area contributed by atoms with E-state index in [0.717, 1.165) is 5.56 Å². The van der Waals surface area contributed by atoms with Crippen LogP contribution >= 0.6 is 0 Å². The number of rotatable bonds is 4. The standard InChI is InChI=1S/C17H15N3O3/c1-10-19-14-8-11(6-7-15(14)23-10)9-16(21)20-13-5-3-2-4-12(13)17(18)22/h2-8H,9H2,1H3,(H2,18,22)(H,20,21). The Morgan fingerprint density at radius 2 is 2.00 bits per heavy atom. The first-order valence-electron chi connectivity index (χ1n) is 7.07. The second-order valence-corrected chi connectivity index (χ2v) is 5.17. The van der Waals surface area contributed by atoms with Gasteiger partial charge in [0.25, 0.3) is 5.91 Å². The summed E-state index contributed by atoms with van der Waals surface area (Å²) in [6.07, 6.45) is 0.162. The third-order valence-electron chi connectivity index (χ3n) is 3.39. The molecule has 2 aromatic carbocycles. The molecule has 0 radical (unpaired) electrons. The van der Waals surface area contributed by atoms with Crippen molar-refractivity contribution in [3.8, 4) is 0 Å². The van der Waals surface area contributed by atoms with Crippen LogP contribution in [0.25, 0.3) is 11.1 Å². The van der Waals surface area contributed by atoms with E-state index in [9.17, 15) is 9.59 Å². The first-order chi connectivity index (χ1) is 11.0. The summed E-state index contributed by atoms with van der Waals surface area (Å²) in [5.74, 6) is -0.240. The summed E-state index contributed by atoms with van der Waals surface area (Å²) in [6.45, 7) is 1.77. The number of primary amides is 1. The number of oxazole rings is 1. The van der Waals surface area contributed by atoms with Crippen molar-refractivity contribution in [2.45, 2.75) is 13.3 Å². The van der Waals surface area contributed by atoms with Crippen LogP contribution in [0.4, 0.5) is 5.69 Å². The number of anilines is 1. The van der Waals surface area contributed by atoms with Crippen molar-refractivity contribution in [1.29, 1.82) is 0 Å². The molecule has 23 heavy (non-hydrogen) atoms. The van der Waals surface area contributed by atoms with Crippen molar-refractivity contribution in [2.24, 2.45) is 5.73 Å². The Kier molecular flexibility index (Phi) is 3.80. The fraction of sp³-hybridized carbons (Fsp3) is 0.118. The van der Waals surface area contributed by atoms with Gasteiger partial charge in [-0.25, -0.2) is 4.98 Å². The van der Waals surface area contributed by atoms with E-state index >= 15 is 0 Å². The lowest BCUT2D eigenvalue weighted by Crippen LogP contribution is -2.19. The minimum Gasteiger partial charge on any atom is -0.441 e. The lowest BCUT2D eigenvalue weighted by molar-refractivity contribution is -0.115. The van der Waals surface area contributed by atoms with Gasteiger partial charge in [0.05, 0.1) is 17.7 Å². The number of hydrogen-bond donors (Lipinski definition) is 2. The number of aromatic nitrogens is 1. The molecule has 2 amide bonds. The number of nitrogens with one attached hydrogen (secondary N) is 1. The highest BCUT2D eigenvalue weighted by molar-refractivity contribution is 6.03. The van der Waals surface area contributed by atoms with Crippen molar-refractivity contribution >= 4 is 28.6 Å². The third-order valence-corrected chi connectivity index (χ3v) is 3.39. The van der Waals surface area contributed by atoms with Gasteiger partial charge in [-0.1, -0.05) is 18.2 Å². The van der Waals surface area contributed by atoms with Gasteiger partial charge in [-0.15, -0.1) is 0 Å². The summed E-state index contributed by atoms with van der Waals surface area (Å²) in [4.78, 5) is 27.8. The molecule has 0 aliphatic heterocycles. The number of carbonyl (C=O) groups is 2. The Morgan fingerprint density at radius 1 is 1.22 bits per heavy atom. The summed E-state index contributed by atoms with van der Waals surface area (Å²) in [7, 11) is 0. The maximum absolute atomic E-state index is 12.2. The fourth-order valence-electron chi connectivity index (χ4n) is 2.38. The van der Waals surface area contributed by atoms with Gasteiger partial charge in [-0.05, 0) is 29.8 Å². The second kappa shape index (κ2) is 5.92. The van der Waals surface area contributed by atoms with E-state index in [2.05, 4.69) is 10.3 Å². The molecule has 6 nitrogen and oxygen atoms in total. The summed E-state index contributed by atoms with van der Waals surface area (Å²) in [6, 6.07) is 12.0. The minimum absolute atomic E-state index is 0.162.